The van der Waals surface area contributed by atoms with Crippen molar-refractivity contribution < 1.29 is 9.47 Å². The Hall–Kier alpha value is -1.79. The maximum absolute atomic E-state index is 5.83. The molecule has 0 aliphatic carbocycles. The maximum atomic E-state index is 5.83. The van der Waals surface area contributed by atoms with E-state index < -0.39 is 0 Å². The van der Waals surface area contributed by atoms with Crippen LogP contribution in [0.2, 0.25) is 0 Å². The van der Waals surface area contributed by atoms with Gasteiger partial charge in [-0.05, 0) is 37.8 Å². The first-order chi connectivity index (χ1) is 12.7. The molecule has 2 rings (SSSR count). The Morgan fingerprint density at radius 3 is 2.69 bits per heavy atom. The van der Waals surface area contributed by atoms with E-state index >= 15 is 0 Å². The van der Waals surface area contributed by atoms with E-state index in [4.69, 9.17) is 9.47 Å². The van der Waals surface area contributed by atoms with Gasteiger partial charge in [-0.15, -0.1) is 0 Å². The summed E-state index contributed by atoms with van der Waals surface area (Å²) in [6, 6.07) is 8.61. The summed E-state index contributed by atoms with van der Waals surface area (Å²) in [6.45, 7) is 7.68. The highest BCUT2D eigenvalue weighted by Gasteiger charge is 2.19. The summed E-state index contributed by atoms with van der Waals surface area (Å²) in [5.74, 6) is 1.85. The second-order valence-electron chi connectivity index (χ2n) is 6.72. The zero-order chi connectivity index (χ0) is 18.6. The first-order valence-corrected chi connectivity index (χ1v) is 9.60. The van der Waals surface area contributed by atoms with Crippen molar-refractivity contribution in [3.63, 3.8) is 0 Å². The molecule has 1 fully saturated rings. The van der Waals surface area contributed by atoms with Gasteiger partial charge in [0.05, 0.1) is 13.2 Å². The number of hydrogen-bond donors (Lipinski definition) is 2. The molecule has 0 aromatic heterocycles. The second-order valence-corrected chi connectivity index (χ2v) is 6.72. The number of aryl methyl sites for hydroxylation is 1. The molecule has 146 valence electrons. The van der Waals surface area contributed by atoms with E-state index in [0.29, 0.717) is 12.6 Å². The molecular weight excluding hydrogens is 328 g/mol. The molecule has 6 heteroatoms. The number of nitrogens with zero attached hydrogens (tertiary/aromatic N) is 2. The van der Waals surface area contributed by atoms with Crippen LogP contribution >= 0.6 is 0 Å². The molecule has 0 saturated carbocycles. The molecule has 26 heavy (non-hydrogen) atoms. The first kappa shape index (κ1) is 20.5. The number of likely N-dealkylation sites (tertiary alicyclic amines) is 1. The Bertz CT molecular complexity index is 542. The maximum Gasteiger partial charge on any atom is 0.191 e. The Labute approximate surface area is 158 Å². The number of piperidine rings is 1. The number of nitrogens with one attached hydrogen (secondary N) is 2. The number of para-hydroxylation sites is 1. The van der Waals surface area contributed by atoms with E-state index in [2.05, 4.69) is 33.5 Å². The normalized spacial score (nSPS) is 16.5. The predicted molar refractivity (Wildman–Crippen MR) is 107 cm³/mol. The van der Waals surface area contributed by atoms with Crippen molar-refractivity contribution in [2.24, 2.45) is 4.99 Å². The Balaban J connectivity index is 1.59. The van der Waals surface area contributed by atoms with Crippen LogP contribution in [0.5, 0.6) is 5.75 Å². The van der Waals surface area contributed by atoms with E-state index in [-0.39, 0.29) is 0 Å². The van der Waals surface area contributed by atoms with Gasteiger partial charge in [-0.2, -0.15) is 0 Å². The molecule has 1 saturated heterocycles. The van der Waals surface area contributed by atoms with Crippen molar-refractivity contribution in [2.45, 2.75) is 32.2 Å². The molecular formula is C20H34N4O2. The Morgan fingerprint density at radius 2 is 2.00 bits per heavy atom. The van der Waals surface area contributed by atoms with E-state index in [1.807, 2.05) is 25.2 Å². The minimum Gasteiger partial charge on any atom is -0.493 e. The van der Waals surface area contributed by atoms with Crippen LogP contribution in [0.1, 0.15) is 24.8 Å². The molecule has 0 bridgehead atoms. The van der Waals surface area contributed by atoms with Crippen LogP contribution < -0.4 is 15.4 Å². The van der Waals surface area contributed by atoms with E-state index in [1.54, 1.807) is 7.11 Å². The van der Waals surface area contributed by atoms with E-state index in [1.165, 1.54) is 5.56 Å². The Morgan fingerprint density at radius 1 is 1.23 bits per heavy atom. The first-order valence-electron chi connectivity index (χ1n) is 9.60. The lowest BCUT2D eigenvalue weighted by Gasteiger charge is -2.32. The average molecular weight is 363 g/mol. The fraction of sp³-hybridized carbons (Fsp3) is 0.650. The molecule has 1 aromatic rings. The molecule has 1 heterocycles. The molecule has 0 amide bonds. The van der Waals surface area contributed by atoms with Crippen LogP contribution in [-0.4, -0.2) is 70.5 Å². The van der Waals surface area contributed by atoms with E-state index in [9.17, 15) is 0 Å². The molecule has 0 unspecified atom stereocenters. The zero-order valence-electron chi connectivity index (χ0n) is 16.5. The van der Waals surface area contributed by atoms with Gasteiger partial charge in [0.2, 0.25) is 0 Å². The van der Waals surface area contributed by atoms with Gasteiger partial charge in [-0.1, -0.05) is 18.2 Å². The summed E-state index contributed by atoms with van der Waals surface area (Å²) in [5.41, 5.74) is 1.18. The standard InChI is InChI=1S/C20H34N4O2/c1-17-7-4-5-8-19(17)26-15-6-11-22-20(21-2)23-18-9-12-24(13-10-18)14-16-25-3/h4-5,7-8,18H,6,9-16H2,1-3H3,(H2,21,22,23). The van der Waals surface area contributed by atoms with Gasteiger partial charge < -0.3 is 25.0 Å². The quantitative estimate of drug-likeness (QED) is 0.400. The number of aliphatic imine (C=N–C) groups is 1. The van der Waals surface area contributed by atoms with Crippen molar-refractivity contribution in [1.29, 1.82) is 0 Å². The van der Waals surface area contributed by atoms with Crippen LogP contribution in [-0.2, 0) is 4.74 Å². The zero-order valence-corrected chi connectivity index (χ0v) is 16.5. The molecule has 1 aromatic carbocycles. The van der Waals surface area contributed by atoms with Gasteiger partial charge >= 0.3 is 0 Å². The molecule has 0 atom stereocenters. The highest BCUT2D eigenvalue weighted by Crippen LogP contribution is 2.16. The van der Waals surface area contributed by atoms with Crippen molar-refractivity contribution in [2.75, 3.05) is 53.6 Å². The van der Waals surface area contributed by atoms with Crippen LogP contribution in [0.15, 0.2) is 29.3 Å². The fourth-order valence-electron chi connectivity index (χ4n) is 3.09. The van der Waals surface area contributed by atoms with Gasteiger partial charge in [-0.3, -0.25) is 4.99 Å². The molecule has 2 N–H and O–H groups in total. The third kappa shape index (κ3) is 7.22. The molecule has 1 aliphatic rings. The summed E-state index contributed by atoms with van der Waals surface area (Å²) in [5, 5.41) is 6.93. The van der Waals surface area contributed by atoms with Crippen molar-refractivity contribution in [1.82, 2.24) is 15.5 Å². The van der Waals surface area contributed by atoms with Crippen molar-refractivity contribution in [3.05, 3.63) is 29.8 Å². The van der Waals surface area contributed by atoms with Crippen LogP contribution in [0.25, 0.3) is 0 Å². The largest absolute Gasteiger partial charge is 0.493 e. The molecule has 0 radical (unpaired) electrons. The van der Waals surface area contributed by atoms with Crippen molar-refractivity contribution in [3.8, 4) is 5.75 Å². The number of methoxy groups -OCH3 is 1. The number of guanidine groups is 1. The number of hydrogen-bond acceptors (Lipinski definition) is 4. The smallest absolute Gasteiger partial charge is 0.191 e. The van der Waals surface area contributed by atoms with E-state index in [0.717, 1.165) is 63.8 Å². The van der Waals surface area contributed by atoms with Crippen LogP contribution in [0, 0.1) is 6.92 Å². The lowest BCUT2D eigenvalue weighted by Crippen LogP contribution is -2.49. The van der Waals surface area contributed by atoms with Crippen LogP contribution in [0.3, 0.4) is 0 Å². The number of ether oxygens (including phenoxy) is 2. The SMILES string of the molecule is CN=C(NCCCOc1ccccc1C)NC1CCN(CCOC)CC1. The van der Waals surface area contributed by atoms with Gasteiger partial charge in [0.1, 0.15) is 5.75 Å². The minimum absolute atomic E-state index is 0.489. The van der Waals surface area contributed by atoms with Gasteiger partial charge in [0.25, 0.3) is 0 Å². The van der Waals surface area contributed by atoms with Gasteiger partial charge in [0.15, 0.2) is 5.96 Å². The number of rotatable bonds is 9. The fourth-order valence-corrected chi connectivity index (χ4v) is 3.09. The third-order valence-electron chi connectivity index (χ3n) is 4.73. The van der Waals surface area contributed by atoms with Crippen LogP contribution in [0.4, 0.5) is 0 Å². The van der Waals surface area contributed by atoms with Gasteiger partial charge in [0, 0.05) is 46.4 Å². The average Bonchev–Trinajstić information content (AvgIpc) is 2.67. The summed E-state index contributed by atoms with van der Waals surface area (Å²) in [4.78, 5) is 6.80. The Kier molecular flexibility index (Phi) is 9.28. The minimum atomic E-state index is 0.489. The summed E-state index contributed by atoms with van der Waals surface area (Å²) >= 11 is 0. The summed E-state index contributed by atoms with van der Waals surface area (Å²) in [6.07, 6.45) is 3.21. The monoisotopic (exact) mass is 362 g/mol. The molecule has 1 aliphatic heterocycles. The topological polar surface area (TPSA) is 58.1 Å². The lowest BCUT2D eigenvalue weighted by atomic mass is 10.1. The highest BCUT2D eigenvalue weighted by atomic mass is 16.5. The summed E-state index contributed by atoms with van der Waals surface area (Å²) in [7, 11) is 3.59. The lowest BCUT2D eigenvalue weighted by molar-refractivity contribution is 0.128. The van der Waals surface area contributed by atoms with Gasteiger partial charge in [-0.25, -0.2) is 0 Å². The molecule has 0 spiro atoms. The predicted octanol–water partition coefficient (Wildman–Crippen LogP) is 2.04. The van der Waals surface area contributed by atoms with Crippen molar-refractivity contribution >= 4 is 5.96 Å². The molecule has 6 nitrogen and oxygen atoms in total. The highest BCUT2D eigenvalue weighted by molar-refractivity contribution is 5.79. The summed E-state index contributed by atoms with van der Waals surface area (Å²) < 4.78 is 11.0. The third-order valence-corrected chi connectivity index (χ3v) is 4.73. The second kappa shape index (κ2) is 11.8. The number of benzene rings is 1.